The summed E-state index contributed by atoms with van der Waals surface area (Å²) in [6.07, 6.45) is 1.52. The lowest BCUT2D eigenvalue weighted by molar-refractivity contribution is 0.0951. The lowest BCUT2D eigenvalue weighted by atomic mass is 10.2. The first-order valence-electron chi connectivity index (χ1n) is 6.80. The maximum Gasteiger partial charge on any atom is 0.262 e. The molecule has 0 radical (unpaired) electrons. The highest BCUT2D eigenvalue weighted by atomic mass is 32.1. The zero-order chi connectivity index (χ0) is 15.7. The molecule has 0 unspecified atom stereocenters. The molecule has 3 aromatic heterocycles. The maximum absolute atomic E-state index is 12.2. The standard InChI is InChI=1S/C14H15N5O2S/c1-8-11(9(2)18-17-8)12(20)15-4-5-19-7-16-13-10(14(19)21)3-6-22-13/h3,6-7H,4-5H2,1-2H3,(H,15,20)(H,17,18). The predicted molar refractivity (Wildman–Crippen MR) is 84.3 cm³/mol. The van der Waals surface area contributed by atoms with E-state index < -0.39 is 0 Å². The van der Waals surface area contributed by atoms with Crippen molar-refractivity contribution < 1.29 is 4.79 Å². The molecule has 0 aliphatic carbocycles. The van der Waals surface area contributed by atoms with Crippen LogP contribution in [-0.4, -0.2) is 32.2 Å². The Morgan fingerprint density at radius 3 is 3.00 bits per heavy atom. The SMILES string of the molecule is Cc1n[nH]c(C)c1C(=O)NCCn1cnc2sccc2c1=O. The minimum Gasteiger partial charge on any atom is -0.350 e. The molecule has 0 aromatic carbocycles. The van der Waals surface area contributed by atoms with Gasteiger partial charge in [0.2, 0.25) is 0 Å². The Labute approximate surface area is 130 Å². The fourth-order valence-electron chi connectivity index (χ4n) is 2.32. The zero-order valence-electron chi connectivity index (χ0n) is 12.2. The van der Waals surface area contributed by atoms with Crippen LogP contribution in [-0.2, 0) is 6.54 Å². The molecular formula is C14H15N5O2S. The van der Waals surface area contributed by atoms with Crippen LogP contribution in [0.4, 0.5) is 0 Å². The second-order valence-electron chi connectivity index (χ2n) is 4.95. The van der Waals surface area contributed by atoms with Crippen LogP contribution in [0, 0.1) is 13.8 Å². The maximum atomic E-state index is 12.2. The van der Waals surface area contributed by atoms with Crippen LogP contribution in [0.2, 0.25) is 0 Å². The fraction of sp³-hybridized carbons (Fsp3) is 0.286. The molecule has 0 aliphatic heterocycles. The summed E-state index contributed by atoms with van der Waals surface area (Å²) in [6.45, 7) is 4.30. The molecular weight excluding hydrogens is 302 g/mol. The van der Waals surface area contributed by atoms with Gasteiger partial charge in [0.1, 0.15) is 4.83 Å². The van der Waals surface area contributed by atoms with Crippen LogP contribution in [0.5, 0.6) is 0 Å². The Morgan fingerprint density at radius 2 is 2.27 bits per heavy atom. The summed E-state index contributed by atoms with van der Waals surface area (Å²) in [6, 6.07) is 1.77. The van der Waals surface area contributed by atoms with Crippen molar-refractivity contribution in [2.75, 3.05) is 6.54 Å². The summed E-state index contributed by atoms with van der Waals surface area (Å²) in [7, 11) is 0. The minimum absolute atomic E-state index is 0.0869. The number of thiophene rings is 1. The number of amides is 1. The summed E-state index contributed by atoms with van der Waals surface area (Å²) >= 11 is 1.44. The lowest BCUT2D eigenvalue weighted by Crippen LogP contribution is -2.31. The Hall–Kier alpha value is -2.48. The van der Waals surface area contributed by atoms with Gasteiger partial charge in [-0.1, -0.05) is 0 Å². The summed E-state index contributed by atoms with van der Waals surface area (Å²) < 4.78 is 1.50. The lowest BCUT2D eigenvalue weighted by Gasteiger charge is -2.07. The largest absolute Gasteiger partial charge is 0.350 e. The van der Waals surface area contributed by atoms with E-state index in [1.807, 2.05) is 5.38 Å². The van der Waals surface area contributed by atoms with E-state index in [1.54, 1.807) is 19.9 Å². The van der Waals surface area contributed by atoms with Gasteiger partial charge in [0.05, 0.1) is 23.0 Å². The Balaban J connectivity index is 1.69. The van der Waals surface area contributed by atoms with Crippen LogP contribution in [0.15, 0.2) is 22.6 Å². The van der Waals surface area contributed by atoms with Gasteiger partial charge in [-0.25, -0.2) is 4.98 Å². The highest BCUT2D eigenvalue weighted by molar-refractivity contribution is 7.16. The fourth-order valence-corrected chi connectivity index (χ4v) is 3.04. The van der Waals surface area contributed by atoms with Gasteiger partial charge in [0, 0.05) is 18.8 Å². The van der Waals surface area contributed by atoms with Crippen molar-refractivity contribution in [1.29, 1.82) is 0 Å². The van der Waals surface area contributed by atoms with Crippen LogP contribution in [0.25, 0.3) is 10.2 Å². The molecule has 0 saturated carbocycles. The molecule has 3 rings (SSSR count). The number of aryl methyl sites for hydroxylation is 2. The van der Waals surface area contributed by atoms with Crippen LogP contribution in [0.1, 0.15) is 21.7 Å². The number of carbonyl (C=O) groups is 1. The third-order valence-corrected chi connectivity index (χ3v) is 4.26. The molecule has 7 nitrogen and oxygen atoms in total. The molecule has 0 fully saturated rings. The minimum atomic E-state index is -0.193. The number of nitrogens with one attached hydrogen (secondary N) is 2. The molecule has 2 N–H and O–H groups in total. The van der Waals surface area contributed by atoms with E-state index in [0.29, 0.717) is 29.7 Å². The molecule has 0 atom stereocenters. The number of fused-ring (bicyclic) bond motifs is 1. The highest BCUT2D eigenvalue weighted by Crippen LogP contribution is 2.13. The zero-order valence-corrected chi connectivity index (χ0v) is 13.0. The third-order valence-electron chi connectivity index (χ3n) is 3.44. The van der Waals surface area contributed by atoms with Gasteiger partial charge in [-0.15, -0.1) is 11.3 Å². The smallest absolute Gasteiger partial charge is 0.262 e. The first-order valence-corrected chi connectivity index (χ1v) is 7.68. The summed E-state index contributed by atoms with van der Waals surface area (Å²) in [5, 5.41) is 12.0. The van der Waals surface area contributed by atoms with Crippen molar-refractivity contribution in [3.63, 3.8) is 0 Å². The first kappa shape index (κ1) is 14.5. The molecule has 3 heterocycles. The summed E-state index contributed by atoms with van der Waals surface area (Å²) in [4.78, 5) is 29.3. The molecule has 1 amide bonds. The molecule has 22 heavy (non-hydrogen) atoms. The number of rotatable bonds is 4. The summed E-state index contributed by atoms with van der Waals surface area (Å²) in [5.41, 5.74) is 1.86. The van der Waals surface area contributed by atoms with Gasteiger partial charge in [0.25, 0.3) is 11.5 Å². The average Bonchev–Trinajstić information content (AvgIpc) is 3.08. The Bertz CT molecular complexity index is 873. The number of H-pyrrole nitrogens is 1. The second-order valence-corrected chi connectivity index (χ2v) is 5.84. The molecule has 0 bridgehead atoms. The van der Waals surface area contributed by atoms with Crippen molar-refractivity contribution in [1.82, 2.24) is 25.1 Å². The van der Waals surface area contributed by atoms with E-state index in [0.717, 1.165) is 10.5 Å². The predicted octanol–water partition coefficient (Wildman–Crippen LogP) is 1.23. The van der Waals surface area contributed by atoms with E-state index in [-0.39, 0.29) is 11.5 Å². The Kier molecular flexibility index (Phi) is 3.76. The number of hydrogen-bond acceptors (Lipinski definition) is 5. The van der Waals surface area contributed by atoms with Crippen LogP contribution < -0.4 is 10.9 Å². The molecule has 8 heteroatoms. The van der Waals surface area contributed by atoms with Crippen molar-refractivity contribution in [3.05, 3.63) is 45.1 Å². The quantitative estimate of drug-likeness (QED) is 0.757. The number of nitrogens with zero attached hydrogens (tertiary/aromatic N) is 3. The molecule has 0 saturated heterocycles. The van der Waals surface area contributed by atoms with Gasteiger partial charge in [-0.2, -0.15) is 5.10 Å². The van der Waals surface area contributed by atoms with Crippen LogP contribution >= 0.6 is 11.3 Å². The highest BCUT2D eigenvalue weighted by Gasteiger charge is 2.14. The van der Waals surface area contributed by atoms with Gasteiger partial charge >= 0.3 is 0 Å². The van der Waals surface area contributed by atoms with Gasteiger partial charge in [-0.3, -0.25) is 19.3 Å². The van der Waals surface area contributed by atoms with Gasteiger partial charge in [-0.05, 0) is 25.3 Å². The van der Waals surface area contributed by atoms with Crippen molar-refractivity contribution in [2.24, 2.45) is 0 Å². The summed E-state index contributed by atoms with van der Waals surface area (Å²) in [5.74, 6) is -0.193. The topological polar surface area (TPSA) is 92.7 Å². The van der Waals surface area contributed by atoms with E-state index in [1.165, 1.54) is 22.2 Å². The van der Waals surface area contributed by atoms with Crippen molar-refractivity contribution >= 4 is 27.5 Å². The van der Waals surface area contributed by atoms with Crippen molar-refractivity contribution in [3.8, 4) is 0 Å². The van der Waals surface area contributed by atoms with Gasteiger partial charge in [0.15, 0.2) is 0 Å². The third kappa shape index (κ3) is 2.52. The second kappa shape index (κ2) is 5.72. The molecule has 3 aromatic rings. The van der Waals surface area contributed by atoms with Gasteiger partial charge < -0.3 is 5.32 Å². The van der Waals surface area contributed by atoms with E-state index in [9.17, 15) is 9.59 Å². The van der Waals surface area contributed by atoms with E-state index in [4.69, 9.17) is 0 Å². The number of aromatic nitrogens is 4. The normalized spacial score (nSPS) is 11.0. The monoisotopic (exact) mass is 317 g/mol. The van der Waals surface area contributed by atoms with Crippen LogP contribution in [0.3, 0.4) is 0 Å². The first-order chi connectivity index (χ1) is 10.6. The van der Waals surface area contributed by atoms with E-state index in [2.05, 4.69) is 20.5 Å². The number of hydrogen-bond donors (Lipinski definition) is 2. The Morgan fingerprint density at radius 1 is 1.45 bits per heavy atom. The molecule has 0 aliphatic rings. The van der Waals surface area contributed by atoms with E-state index >= 15 is 0 Å². The number of carbonyl (C=O) groups excluding carboxylic acids is 1. The number of aromatic amines is 1. The molecule has 114 valence electrons. The average molecular weight is 317 g/mol. The van der Waals surface area contributed by atoms with Crippen molar-refractivity contribution in [2.45, 2.75) is 20.4 Å². The molecule has 0 spiro atoms.